The van der Waals surface area contributed by atoms with Gasteiger partial charge in [-0.05, 0) is 64.7 Å². The first-order chi connectivity index (χ1) is 10.5. The third-order valence-corrected chi connectivity index (χ3v) is 4.37. The van der Waals surface area contributed by atoms with Gasteiger partial charge in [0, 0.05) is 17.1 Å². The van der Waals surface area contributed by atoms with Crippen molar-refractivity contribution in [2.75, 3.05) is 0 Å². The molecule has 1 aliphatic carbocycles. The van der Waals surface area contributed by atoms with Gasteiger partial charge in [-0.15, -0.1) is 0 Å². The van der Waals surface area contributed by atoms with Crippen molar-refractivity contribution < 1.29 is 13.6 Å². The van der Waals surface area contributed by atoms with E-state index in [2.05, 4.69) is 15.9 Å². The second-order valence-electron chi connectivity index (χ2n) is 5.41. The van der Waals surface area contributed by atoms with E-state index in [1.54, 1.807) is 17.0 Å². The highest BCUT2D eigenvalue weighted by atomic mass is 79.9. The molecule has 114 valence electrons. The van der Waals surface area contributed by atoms with Crippen molar-refractivity contribution in [1.29, 1.82) is 0 Å². The van der Waals surface area contributed by atoms with Crippen molar-refractivity contribution in [2.24, 2.45) is 0 Å². The Morgan fingerprint density at radius 2 is 1.73 bits per heavy atom. The molecule has 0 heterocycles. The van der Waals surface area contributed by atoms with Gasteiger partial charge in [0.2, 0.25) is 0 Å². The minimum atomic E-state index is -0.441. The van der Waals surface area contributed by atoms with Gasteiger partial charge in [0.15, 0.2) is 0 Å². The molecule has 2 aromatic rings. The summed E-state index contributed by atoms with van der Waals surface area (Å²) in [6.45, 7) is 0.396. The number of nitrogens with zero attached hydrogens (tertiary/aromatic N) is 1. The number of amides is 1. The fourth-order valence-electron chi connectivity index (χ4n) is 2.36. The minimum Gasteiger partial charge on any atom is -0.331 e. The fraction of sp³-hybridized carbons (Fsp3) is 0.235. The summed E-state index contributed by atoms with van der Waals surface area (Å²) >= 11 is 3.30. The molecular weight excluding hydrogens is 352 g/mol. The molecule has 0 atom stereocenters. The van der Waals surface area contributed by atoms with Crippen LogP contribution in [0, 0.1) is 11.6 Å². The SMILES string of the molecule is O=C(c1cc(F)ccc1Br)N(Cc1ccc(F)cc1)C1CC1. The van der Waals surface area contributed by atoms with Crippen molar-refractivity contribution in [1.82, 2.24) is 4.90 Å². The molecule has 0 unspecified atom stereocenters. The molecule has 22 heavy (non-hydrogen) atoms. The van der Waals surface area contributed by atoms with Gasteiger partial charge in [-0.1, -0.05) is 12.1 Å². The smallest absolute Gasteiger partial charge is 0.255 e. The number of halogens is 3. The van der Waals surface area contributed by atoms with E-state index >= 15 is 0 Å². The van der Waals surface area contributed by atoms with Crippen LogP contribution in [0.4, 0.5) is 8.78 Å². The molecule has 1 aliphatic rings. The van der Waals surface area contributed by atoms with E-state index in [0.29, 0.717) is 16.6 Å². The number of rotatable bonds is 4. The Morgan fingerprint density at radius 1 is 1.09 bits per heavy atom. The Kier molecular flexibility index (Phi) is 4.25. The predicted octanol–water partition coefficient (Wildman–Crippen LogP) is 4.53. The molecular formula is C17H14BrF2NO. The quantitative estimate of drug-likeness (QED) is 0.779. The van der Waals surface area contributed by atoms with Gasteiger partial charge >= 0.3 is 0 Å². The fourth-order valence-corrected chi connectivity index (χ4v) is 2.77. The molecule has 0 N–H and O–H groups in total. The molecule has 5 heteroatoms. The van der Waals surface area contributed by atoms with Crippen molar-refractivity contribution in [3.05, 3.63) is 69.7 Å². The van der Waals surface area contributed by atoms with Crippen molar-refractivity contribution in [3.63, 3.8) is 0 Å². The standard InChI is InChI=1S/C17H14BrF2NO/c18-16-8-5-13(20)9-15(16)17(22)21(14-6-7-14)10-11-1-3-12(19)4-2-11/h1-5,8-9,14H,6-7,10H2. The predicted molar refractivity (Wildman–Crippen MR) is 83.4 cm³/mol. The van der Waals surface area contributed by atoms with Gasteiger partial charge in [0.25, 0.3) is 5.91 Å². The highest BCUT2D eigenvalue weighted by molar-refractivity contribution is 9.10. The van der Waals surface area contributed by atoms with Crippen LogP contribution in [0.1, 0.15) is 28.8 Å². The van der Waals surface area contributed by atoms with E-state index in [0.717, 1.165) is 18.4 Å². The summed E-state index contributed by atoms with van der Waals surface area (Å²) in [5, 5.41) is 0. The first-order valence-electron chi connectivity index (χ1n) is 7.05. The average Bonchev–Trinajstić information content (AvgIpc) is 3.33. The zero-order valence-electron chi connectivity index (χ0n) is 11.7. The third-order valence-electron chi connectivity index (χ3n) is 3.67. The summed E-state index contributed by atoms with van der Waals surface area (Å²) in [5.41, 5.74) is 1.17. The van der Waals surface area contributed by atoms with Crippen LogP contribution in [0.3, 0.4) is 0 Å². The molecule has 3 rings (SSSR count). The van der Waals surface area contributed by atoms with Crippen LogP contribution in [-0.2, 0) is 6.54 Å². The molecule has 0 saturated heterocycles. The lowest BCUT2D eigenvalue weighted by Gasteiger charge is -2.23. The Bertz CT molecular complexity index is 698. The summed E-state index contributed by atoms with van der Waals surface area (Å²) in [6.07, 6.45) is 1.89. The summed E-state index contributed by atoms with van der Waals surface area (Å²) in [6, 6.07) is 10.3. The normalized spacial score (nSPS) is 14.0. The number of benzene rings is 2. The first-order valence-corrected chi connectivity index (χ1v) is 7.84. The lowest BCUT2D eigenvalue weighted by molar-refractivity contribution is 0.0728. The monoisotopic (exact) mass is 365 g/mol. The first kappa shape index (κ1) is 15.2. The van der Waals surface area contributed by atoms with Gasteiger partial charge in [0.1, 0.15) is 11.6 Å². The second kappa shape index (κ2) is 6.16. The number of carbonyl (C=O) groups is 1. The van der Waals surface area contributed by atoms with E-state index in [9.17, 15) is 13.6 Å². The lowest BCUT2D eigenvalue weighted by atomic mass is 10.1. The number of carbonyl (C=O) groups excluding carboxylic acids is 1. The Hall–Kier alpha value is -1.75. The van der Waals surface area contributed by atoms with Crippen LogP contribution < -0.4 is 0 Å². The summed E-state index contributed by atoms with van der Waals surface area (Å²) in [5.74, 6) is -0.955. The maximum Gasteiger partial charge on any atom is 0.255 e. The molecule has 1 fully saturated rings. The topological polar surface area (TPSA) is 20.3 Å². The average molecular weight is 366 g/mol. The Morgan fingerprint density at radius 3 is 2.36 bits per heavy atom. The van der Waals surface area contributed by atoms with E-state index in [-0.39, 0.29) is 17.8 Å². The Labute approximate surface area is 135 Å². The lowest BCUT2D eigenvalue weighted by Crippen LogP contribution is -2.32. The molecule has 0 aromatic heterocycles. The zero-order valence-corrected chi connectivity index (χ0v) is 13.3. The maximum atomic E-state index is 13.4. The molecule has 0 bridgehead atoms. The van der Waals surface area contributed by atoms with Crippen molar-refractivity contribution in [3.8, 4) is 0 Å². The number of hydrogen-bond donors (Lipinski definition) is 0. The van der Waals surface area contributed by atoms with Crippen LogP contribution in [0.2, 0.25) is 0 Å². The van der Waals surface area contributed by atoms with Crippen LogP contribution in [0.5, 0.6) is 0 Å². The van der Waals surface area contributed by atoms with Crippen molar-refractivity contribution >= 4 is 21.8 Å². The zero-order chi connectivity index (χ0) is 15.7. The second-order valence-corrected chi connectivity index (χ2v) is 6.27. The van der Waals surface area contributed by atoms with Gasteiger partial charge in [-0.2, -0.15) is 0 Å². The van der Waals surface area contributed by atoms with Gasteiger partial charge in [-0.3, -0.25) is 4.79 Å². The molecule has 2 aromatic carbocycles. The van der Waals surface area contributed by atoms with Gasteiger partial charge in [0.05, 0.1) is 5.56 Å². The van der Waals surface area contributed by atoms with Gasteiger partial charge in [-0.25, -0.2) is 8.78 Å². The summed E-state index contributed by atoms with van der Waals surface area (Å²) in [7, 11) is 0. The summed E-state index contributed by atoms with van der Waals surface area (Å²) in [4.78, 5) is 14.5. The van der Waals surface area contributed by atoms with Crippen molar-refractivity contribution in [2.45, 2.75) is 25.4 Å². The molecule has 2 nitrogen and oxygen atoms in total. The maximum absolute atomic E-state index is 13.4. The highest BCUT2D eigenvalue weighted by Gasteiger charge is 2.33. The summed E-state index contributed by atoms with van der Waals surface area (Å²) < 4.78 is 27.0. The highest BCUT2D eigenvalue weighted by Crippen LogP contribution is 2.31. The van der Waals surface area contributed by atoms with Crippen LogP contribution in [0.25, 0.3) is 0 Å². The third kappa shape index (κ3) is 3.35. The van der Waals surface area contributed by atoms with E-state index < -0.39 is 5.82 Å². The molecule has 1 amide bonds. The number of hydrogen-bond acceptors (Lipinski definition) is 1. The van der Waals surface area contributed by atoms with Crippen LogP contribution in [0.15, 0.2) is 46.9 Å². The largest absolute Gasteiger partial charge is 0.331 e. The molecule has 0 radical (unpaired) electrons. The van der Waals surface area contributed by atoms with Crippen LogP contribution in [-0.4, -0.2) is 16.8 Å². The molecule has 0 spiro atoms. The minimum absolute atomic E-state index is 0.174. The Balaban J connectivity index is 1.86. The molecule has 0 aliphatic heterocycles. The van der Waals surface area contributed by atoms with E-state index in [1.165, 1.54) is 30.3 Å². The van der Waals surface area contributed by atoms with Crippen LogP contribution >= 0.6 is 15.9 Å². The van der Waals surface area contributed by atoms with E-state index in [1.807, 2.05) is 0 Å². The molecule has 1 saturated carbocycles. The van der Waals surface area contributed by atoms with Gasteiger partial charge < -0.3 is 4.90 Å². The van der Waals surface area contributed by atoms with E-state index in [4.69, 9.17) is 0 Å².